The van der Waals surface area contributed by atoms with E-state index in [0.717, 1.165) is 42.0 Å². The Balaban J connectivity index is 1.81. The number of fused-ring (bicyclic) bond motifs is 1. The lowest BCUT2D eigenvalue weighted by Gasteiger charge is -2.26. The zero-order valence-corrected chi connectivity index (χ0v) is 15.0. The zero-order chi connectivity index (χ0) is 17.3. The van der Waals surface area contributed by atoms with Gasteiger partial charge < -0.3 is 4.57 Å². The Morgan fingerprint density at radius 1 is 1.33 bits per heavy atom. The second kappa shape index (κ2) is 6.75. The molecule has 0 radical (unpaired) electrons. The first-order chi connectivity index (χ1) is 11.5. The number of aryl methyl sites for hydroxylation is 2. The van der Waals surface area contributed by atoms with Gasteiger partial charge in [-0.3, -0.25) is 4.79 Å². The molecular weight excluding hydrogens is 300 g/mol. The summed E-state index contributed by atoms with van der Waals surface area (Å²) in [6, 6.07) is 5.66. The molecule has 1 aliphatic rings. The highest BCUT2D eigenvalue weighted by Crippen LogP contribution is 2.26. The lowest BCUT2D eigenvalue weighted by Crippen LogP contribution is -2.29. The maximum absolute atomic E-state index is 12.5. The smallest absolute Gasteiger partial charge is 0.271 e. The van der Waals surface area contributed by atoms with Crippen molar-refractivity contribution in [2.24, 2.45) is 16.9 Å². The molecule has 3 rings (SSSR count). The van der Waals surface area contributed by atoms with Gasteiger partial charge in [-0.05, 0) is 56.7 Å². The van der Waals surface area contributed by atoms with E-state index in [2.05, 4.69) is 40.8 Å². The maximum Gasteiger partial charge on any atom is 0.271 e. The van der Waals surface area contributed by atoms with Crippen LogP contribution in [0.2, 0.25) is 0 Å². The maximum atomic E-state index is 12.5. The van der Waals surface area contributed by atoms with Gasteiger partial charge in [-0.25, -0.2) is 10.4 Å². The summed E-state index contributed by atoms with van der Waals surface area (Å²) in [6.45, 7) is 9.33. The van der Waals surface area contributed by atoms with Gasteiger partial charge in [0.1, 0.15) is 5.82 Å². The highest BCUT2D eigenvalue weighted by Gasteiger charge is 2.23. The van der Waals surface area contributed by atoms with Crippen molar-refractivity contribution in [2.75, 3.05) is 0 Å². The van der Waals surface area contributed by atoms with Crippen molar-refractivity contribution in [1.82, 2.24) is 15.0 Å². The highest BCUT2D eigenvalue weighted by atomic mass is 16.2. The fraction of sp³-hybridized carbons (Fsp3) is 0.526. The number of carbonyl (C=O) groups is 1. The van der Waals surface area contributed by atoms with Gasteiger partial charge in [-0.1, -0.05) is 20.3 Å². The van der Waals surface area contributed by atoms with Crippen molar-refractivity contribution in [2.45, 2.75) is 53.5 Å². The first-order valence-electron chi connectivity index (χ1n) is 8.86. The van der Waals surface area contributed by atoms with Gasteiger partial charge in [-0.2, -0.15) is 5.10 Å². The molecule has 1 aliphatic carbocycles. The molecular formula is C19H26N4O. The topological polar surface area (TPSA) is 59.3 Å². The van der Waals surface area contributed by atoms with Crippen LogP contribution < -0.4 is 5.43 Å². The van der Waals surface area contributed by atoms with Crippen LogP contribution in [0.4, 0.5) is 0 Å². The Labute approximate surface area is 143 Å². The van der Waals surface area contributed by atoms with Crippen LogP contribution in [0.15, 0.2) is 23.3 Å². The summed E-state index contributed by atoms with van der Waals surface area (Å²) in [5.74, 6) is 1.69. The van der Waals surface area contributed by atoms with Gasteiger partial charge in [0.15, 0.2) is 0 Å². The number of nitrogens with one attached hydrogen (secondary N) is 1. The normalized spacial score (nSPS) is 21.1. The molecule has 1 heterocycles. The van der Waals surface area contributed by atoms with E-state index in [9.17, 15) is 4.79 Å². The van der Waals surface area contributed by atoms with Crippen molar-refractivity contribution in [3.63, 3.8) is 0 Å². The summed E-state index contributed by atoms with van der Waals surface area (Å²) in [5.41, 5.74) is 6.38. The molecule has 1 aromatic carbocycles. The molecule has 0 unspecified atom stereocenters. The van der Waals surface area contributed by atoms with E-state index < -0.39 is 0 Å². The van der Waals surface area contributed by atoms with E-state index in [1.165, 1.54) is 6.42 Å². The van der Waals surface area contributed by atoms with Gasteiger partial charge in [0, 0.05) is 17.8 Å². The van der Waals surface area contributed by atoms with Gasteiger partial charge in [0.2, 0.25) is 0 Å². The summed E-state index contributed by atoms with van der Waals surface area (Å²) in [5, 5.41) is 4.43. The quantitative estimate of drug-likeness (QED) is 0.869. The first-order valence-corrected chi connectivity index (χ1v) is 8.86. The monoisotopic (exact) mass is 326 g/mol. The van der Waals surface area contributed by atoms with E-state index in [4.69, 9.17) is 0 Å². The van der Waals surface area contributed by atoms with Crippen molar-refractivity contribution in [3.8, 4) is 0 Å². The Bertz CT molecular complexity index is 778. The standard InChI is InChI=1S/C19H26N4O/c1-5-23-14(4)20-16-11-15(9-10-17(16)23)19(24)22-21-18-12(2)7-6-8-13(18)3/h9-13H,5-8H2,1-4H3,(H,22,24)/t12-,13-/m0/s1. The average Bonchev–Trinajstić information content (AvgIpc) is 2.88. The third-order valence-electron chi connectivity index (χ3n) is 5.09. The second-order valence-corrected chi connectivity index (χ2v) is 6.82. The van der Waals surface area contributed by atoms with E-state index in [1.54, 1.807) is 0 Å². The van der Waals surface area contributed by atoms with E-state index in [0.29, 0.717) is 17.4 Å². The Morgan fingerprint density at radius 2 is 2.04 bits per heavy atom. The molecule has 0 spiro atoms. The minimum Gasteiger partial charge on any atom is -0.329 e. The number of imidazole rings is 1. The predicted molar refractivity (Wildman–Crippen MR) is 97.2 cm³/mol. The zero-order valence-electron chi connectivity index (χ0n) is 15.0. The van der Waals surface area contributed by atoms with Crippen LogP contribution in [0.5, 0.6) is 0 Å². The molecule has 1 aromatic heterocycles. The molecule has 128 valence electrons. The number of nitrogens with zero attached hydrogens (tertiary/aromatic N) is 3. The van der Waals surface area contributed by atoms with Crippen LogP contribution in [0.3, 0.4) is 0 Å². The number of rotatable bonds is 3. The molecule has 1 fully saturated rings. The molecule has 5 heteroatoms. The summed E-state index contributed by atoms with van der Waals surface area (Å²) in [6.07, 6.45) is 3.54. The average molecular weight is 326 g/mol. The Kier molecular flexibility index (Phi) is 4.69. The fourth-order valence-corrected chi connectivity index (χ4v) is 3.70. The van der Waals surface area contributed by atoms with Crippen LogP contribution in [0.25, 0.3) is 11.0 Å². The minimum absolute atomic E-state index is 0.168. The van der Waals surface area contributed by atoms with E-state index in [-0.39, 0.29) is 5.91 Å². The van der Waals surface area contributed by atoms with Gasteiger partial charge in [0.25, 0.3) is 5.91 Å². The number of aromatic nitrogens is 2. The predicted octanol–water partition coefficient (Wildman–Crippen LogP) is 3.91. The van der Waals surface area contributed by atoms with Crippen LogP contribution in [-0.4, -0.2) is 21.2 Å². The van der Waals surface area contributed by atoms with E-state index in [1.807, 2.05) is 25.1 Å². The number of amides is 1. The largest absolute Gasteiger partial charge is 0.329 e. The van der Waals surface area contributed by atoms with Crippen LogP contribution >= 0.6 is 0 Å². The van der Waals surface area contributed by atoms with Gasteiger partial charge >= 0.3 is 0 Å². The number of benzene rings is 1. The second-order valence-electron chi connectivity index (χ2n) is 6.82. The van der Waals surface area contributed by atoms with Crippen LogP contribution in [0, 0.1) is 18.8 Å². The first kappa shape index (κ1) is 16.7. The van der Waals surface area contributed by atoms with Crippen molar-refractivity contribution >= 4 is 22.7 Å². The minimum atomic E-state index is -0.168. The summed E-state index contributed by atoms with van der Waals surface area (Å²) < 4.78 is 2.14. The summed E-state index contributed by atoms with van der Waals surface area (Å²) in [4.78, 5) is 17.0. The molecule has 1 amide bonds. The number of hydrogen-bond acceptors (Lipinski definition) is 3. The Hall–Kier alpha value is -2.17. The molecule has 1 N–H and O–H groups in total. The molecule has 0 bridgehead atoms. The molecule has 2 atom stereocenters. The third kappa shape index (κ3) is 3.07. The molecule has 5 nitrogen and oxygen atoms in total. The van der Waals surface area contributed by atoms with Crippen molar-refractivity contribution in [1.29, 1.82) is 0 Å². The van der Waals surface area contributed by atoms with Crippen molar-refractivity contribution < 1.29 is 4.79 Å². The van der Waals surface area contributed by atoms with Gasteiger partial charge in [0.05, 0.1) is 11.0 Å². The summed E-state index contributed by atoms with van der Waals surface area (Å²) in [7, 11) is 0. The van der Waals surface area contributed by atoms with Crippen molar-refractivity contribution in [3.05, 3.63) is 29.6 Å². The number of hydrogen-bond donors (Lipinski definition) is 1. The SMILES string of the molecule is CCn1c(C)nc2cc(C(=O)NN=C3[C@@H](C)CCC[C@@H]3C)ccc21. The lowest BCUT2D eigenvalue weighted by molar-refractivity contribution is 0.0954. The van der Waals surface area contributed by atoms with Gasteiger partial charge in [-0.15, -0.1) is 0 Å². The molecule has 0 saturated heterocycles. The Morgan fingerprint density at radius 3 is 2.71 bits per heavy atom. The fourth-order valence-electron chi connectivity index (χ4n) is 3.70. The third-order valence-corrected chi connectivity index (χ3v) is 5.09. The van der Waals surface area contributed by atoms with E-state index >= 15 is 0 Å². The molecule has 2 aromatic rings. The highest BCUT2D eigenvalue weighted by molar-refractivity contribution is 5.98. The number of carbonyl (C=O) groups excluding carboxylic acids is 1. The number of hydrazone groups is 1. The summed E-state index contributed by atoms with van der Waals surface area (Å²) >= 11 is 0. The molecule has 1 saturated carbocycles. The molecule has 0 aliphatic heterocycles. The van der Waals surface area contributed by atoms with Crippen LogP contribution in [-0.2, 0) is 6.54 Å². The van der Waals surface area contributed by atoms with Crippen LogP contribution in [0.1, 0.15) is 56.2 Å². The lowest BCUT2D eigenvalue weighted by atomic mass is 9.81. The molecule has 24 heavy (non-hydrogen) atoms.